The maximum absolute atomic E-state index is 5.77. The van der Waals surface area contributed by atoms with Crippen LogP contribution in [0.3, 0.4) is 0 Å². The van der Waals surface area contributed by atoms with E-state index in [1.807, 2.05) is 26.0 Å². The van der Waals surface area contributed by atoms with Gasteiger partial charge in [0.15, 0.2) is 0 Å². The SMILES string of the molecule is CC(C)Oc1ccc(C(CCNCc2ccco2)c2ccccc2)cc1. The summed E-state index contributed by atoms with van der Waals surface area (Å²) >= 11 is 0. The lowest BCUT2D eigenvalue weighted by Gasteiger charge is -2.19. The minimum atomic E-state index is 0.191. The Morgan fingerprint density at radius 1 is 0.885 bits per heavy atom. The lowest BCUT2D eigenvalue weighted by molar-refractivity contribution is 0.242. The quantitative estimate of drug-likeness (QED) is 0.527. The first-order chi connectivity index (χ1) is 12.7. The van der Waals surface area contributed by atoms with Gasteiger partial charge in [-0.05, 0) is 62.2 Å². The van der Waals surface area contributed by atoms with Crippen molar-refractivity contribution in [2.45, 2.75) is 38.8 Å². The van der Waals surface area contributed by atoms with Gasteiger partial charge in [-0.2, -0.15) is 0 Å². The van der Waals surface area contributed by atoms with Gasteiger partial charge < -0.3 is 14.5 Å². The maximum Gasteiger partial charge on any atom is 0.119 e. The predicted octanol–water partition coefficient (Wildman–Crippen LogP) is 5.38. The van der Waals surface area contributed by atoms with Gasteiger partial charge in [0.25, 0.3) is 0 Å². The van der Waals surface area contributed by atoms with E-state index in [9.17, 15) is 0 Å². The maximum atomic E-state index is 5.77. The van der Waals surface area contributed by atoms with Crippen LogP contribution in [-0.4, -0.2) is 12.6 Å². The lowest BCUT2D eigenvalue weighted by Crippen LogP contribution is -2.17. The molecule has 0 aliphatic carbocycles. The largest absolute Gasteiger partial charge is 0.491 e. The van der Waals surface area contributed by atoms with E-state index in [1.165, 1.54) is 11.1 Å². The summed E-state index contributed by atoms with van der Waals surface area (Å²) in [5.41, 5.74) is 2.65. The van der Waals surface area contributed by atoms with Crippen LogP contribution in [0.1, 0.15) is 43.1 Å². The van der Waals surface area contributed by atoms with Crippen LogP contribution >= 0.6 is 0 Å². The zero-order chi connectivity index (χ0) is 18.2. The molecule has 1 heterocycles. The molecule has 3 aromatic rings. The molecule has 0 fully saturated rings. The second kappa shape index (κ2) is 9.25. The highest BCUT2D eigenvalue weighted by atomic mass is 16.5. The van der Waals surface area contributed by atoms with Crippen molar-refractivity contribution in [3.05, 3.63) is 89.9 Å². The van der Waals surface area contributed by atoms with E-state index in [0.717, 1.165) is 31.0 Å². The Bertz CT molecular complexity index is 749. The topological polar surface area (TPSA) is 34.4 Å². The molecule has 0 aliphatic rings. The zero-order valence-electron chi connectivity index (χ0n) is 15.5. The van der Waals surface area contributed by atoms with Crippen LogP contribution in [0.5, 0.6) is 5.75 Å². The number of rotatable bonds is 9. The third-order valence-electron chi connectivity index (χ3n) is 4.35. The molecule has 0 spiro atoms. The van der Waals surface area contributed by atoms with Crippen LogP contribution in [0.25, 0.3) is 0 Å². The van der Waals surface area contributed by atoms with Gasteiger partial charge in [0, 0.05) is 5.92 Å². The molecular formula is C23H27NO2. The second-order valence-electron chi connectivity index (χ2n) is 6.74. The van der Waals surface area contributed by atoms with Crippen molar-refractivity contribution in [3.8, 4) is 5.75 Å². The molecule has 1 N–H and O–H groups in total. The Morgan fingerprint density at radius 3 is 2.27 bits per heavy atom. The summed E-state index contributed by atoms with van der Waals surface area (Å²) in [7, 11) is 0. The van der Waals surface area contributed by atoms with Gasteiger partial charge in [0.1, 0.15) is 11.5 Å². The van der Waals surface area contributed by atoms with Crippen molar-refractivity contribution in [2.75, 3.05) is 6.54 Å². The average Bonchev–Trinajstić information content (AvgIpc) is 3.16. The first-order valence-corrected chi connectivity index (χ1v) is 9.27. The Kier molecular flexibility index (Phi) is 6.50. The molecule has 1 unspecified atom stereocenters. The van der Waals surface area contributed by atoms with Crippen molar-refractivity contribution in [1.82, 2.24) is 5.32 Å². The molecule has 136 valence electrons. The van der Waals surface area contributed by atoms with E-state index in [2.05, 4.69) is 59.9 Å². The normalized spacial score (nSPS) is 12.3. The highest BCUT2D eigenvalue weighted by molar-refractivity contribution is 5.36. The fourth-order valence-corrected chi connectivity index (χ4v) is 3.13. The first kappa shape index (κ1) is 18.3. The van der Waals surface area contributed by atoms with Gasteiger partial charge in [-0.15, -0.1) is 0 Å². The third kappa shape index (κ3) is 5.24. The molecule has 0 aliphatic heterocycles. The Balaban J connectivity index is 1.67. The van der Waals surface area contributed by atoms with Crippen molar-refractivity contribution in [2.24, 2.45) is 0 Å². The Hall–Kier alpha value is -2.52. The summed E-state index contributed by atoms with van der Waals surface area (Å²) in [6.07, 6.45) is 2.93. The van der Waals surface area contributed by atoms with Gasteiger partial charge in [-0.3, -0.25) is 0 Å². The number of ether oxygens (including phenoxy) is 1. The van der Waals surface area contributed by atoms with Gasteiger partial charge in [0.05, 0.1) is 18.9 Å². The summed E-state index contributed by atoms with van der Waals surface area (Å²) in [5, 5.41) is 3.48. The molecular weight excluding hydrogens is 322 g/mol. The zero-order valence-corrected chi connectivity index (χ0v) is 15.5. The average molecular weight is 349 g/mol. The van der Waals surface area contributed by atoms with Crippen LogP contribution in [0.2, 0.25) is 0 Å². The second-order valence-corrected chi connectivity index (χ2v) is 6.74. The van der Waals surface area contributed by atoms with Crippen molar-refractivity contribution in [1.29, 1.82) is 0 Å². The highest BCUT2D eigenvalue weighted by Crippen LogP contribution is 2.29. The van der Waals surface area contributed by atoms with Gasteiger partial charge in [-0.25, -0.2) is 0 Å². The van der Waals surface area contributed by atoms with Crippen molar-refractivity contribution < 1.29 is 9.15 Å². The predicted molar refractivity (Wildman–Crippen MR) is 106 cm³/mol. The van der Waals surface area contributed by atoms with E-state index < -0.39 is 0 Å². The molecule has 1 atom stereocenters. The standard InChI is InChI=1S/C23H27NO2/c1-18(2)26-21-12-10-20(11-13-21)23(19-7-4-3-5-8-19)14-15-24-17-22-9-6-16-25-22/h3-13,16,18,23-24H,14-15,17H2,1-2H3. The number of furan rings is 1. The molecule has 0 saturated carbocycles. The number of hydrogen-bond donors (Lipinski definition) is 1. The monoisotopic (exact) mass is 349 g/mol. The molecule has 0 bridgehead atoms. The number of nitrogens with one attached hydrogen (secondary N) is 1. The summed E-state index contributed by atoms with van der Waals surface area (Å²) in [5.74, 6) is 2.25. The van der Waals surface area contributed by atoms with Crippen molar-refractivity contribution >= 4 is 0 Å². The van der Waals surface area contributed by atoms with Crippen LogP contribution in [-0.2, 0) is 6.54 Å². The minimum absolute atomic E-state index is 0.191. The van der Waals surface area contributed by atoms with Gasteiger partial charge >= 0.3 is 0 Å². The van der Waals surface area contributed by atoms with E-state index >= 15 is 0 Å². The fraction of sp³-hybridized carbons (Fsp3) is 0.304. The number of hydrogen-bond acceptors (Lipinski definition) is 3. The molecule has 26 heavy (non-hydrogen) atoms. The molecule has 3 heteroatoms. The van der Waals surface area contributed by atoms with Crippen LogP contribution in [0.15, 0.2) is 77.4 Å². The molecule has 3 rings (SSSR count). The van der Waals surface area contributed by atoms with Crippen molar-refractivity contribution in [3.63, 3.8) is 0 Å². The third-order valence-corrected chi connectivity index (χ3v) is 4.35. The number of benzene rings is 2. The summed E-state index contributed by atoms with van der Waals surface area (Å²) in [4.78, 5) is 0. The fourth-order valence-electron chi connectivity index (χ4n) is 3.13. The lowest BCUT2D eigenvalue weighted by atomic mass is 9.88. The molecule has 0 saturated heterocycles. The van der Waals surface area contributed by atoms with Gasteiger partial charge in [0.2, 0.25) is 0 Å². The van der Waals surface area contributed by atoms with Crippen LogP contribution in [0.4, 0.5) is 0 Å². The van der Waals surface area contributed by atoms with E-state index in [-0.39, 0.29) is 6.10 Å². The summed E-state index contributed by atoms with van der Waals surface area (Å²) in [6.45, 7) is 5.77. The summed E-state index contributed by atoms with van der Waals surface area (Å²) < 4.78 is 11.1. The minimum Gasteiger partial charge on any atom is -0.491 e. The summed E-state index contributed by atoms with van der Waals surface area (Å²) in [6, 6.07) is 23.1. The molecule has 2 aromatic carbocycles. The van der Waals surface area contributed by atoms with E-state index in [0.29, 0.717) is 5.92 Å². The van der Waals surface area contributed by atoms with E-state index in [4.69, 9.17) is 9.15 Å². The van der Waals surface area contributed by atoms with Crippen LogP contribution < -0.4 is 10.1 Å². The molecule has 0 amide bonds. The molecule has 1 aromatic heterocycles. The Labute approximate surface area is 156 Å². The van der Waals surface area contributed by atoms with Crippen LogP contribution in [0, 0.1) is 0 Å². The Morgan fingerprint density at radius 2 is 1.62 bits per heavy atom. The molecule has 3 nitrogen and oxygen atoms in total. The smallest absolute Gasteiger partial charge is 0.119 e. The highest BCUT2D eigenvalue weighted by Gasteiger charge is 2.14. The van der Waals surface area contributed by atoms with E-state index in [1.54, 1.807) is 6.26 Å². The molecule has 0 radical (unpaired) electrons. The van der Waals surface area contributed by atoms with Gasteiger partial charge in [-0.1, -0.05) is 42.5 Å². The first-order valence-electron chi connectivity index (χ1n) is 9.27.